The van der Waals surface area contributed by atoms with Gasteiger partial charge in [-0.2, -0.15) is 0 Å². The lowest BCUT2D eigenvalue weighted by atomic mass is 9.95. The van der Waals surface area contributed by atoms with Gasteiger partial charge in [-0.15, -0.1) is 0 Å². The number of benzene rings is 1. The van der Waals surface area contributed by atoms with Crippen molar-refractivity contribution in [1.82, 2.24) is 5.32 Å². The third-order valence-corrected chi connectivity index (χ3v) is 3.95. The van der Waals surface area contributed by atoms with E-state index >= 15 is 0 Å². The van der Waals surface area contributed by atoms with Crippen molar-refractivity contribution in [3.05, 3.63) is 34.4 Å². The zero-order valence-electron chi connectivity index (χ0n) is 11.9. The summed E-state index contributed by atoms with van der Waals surface area (Å²) in [6.07, 6.45) is 1.29. The minimum absolute atomic E-state index is 0.120. The van der Waals surface area contributed by atoms with E-state index in [9.17, 15) is 8.42 Å². The van der Waals surface area contributed by atoms with E-state index in [0.29, 0.717) is 0 Å². The lowest BCUT2D eigenvalue weighted by molar-refractivity contribution is 0.560. The highest BCUT2D eigenvalue weighted by Gasteiger charge is 2.20. The smallest absolute Gasteiger partial charge is 0.149 e. The average molecular weight is 269 g/mol. The van der Waals surface area contributed by atoms with Gasteiger partial charge >= 0.3 is 0 Å². The molecule has 0 aliphatic carbocycles. The Morgan fingerprint density at radius 2 is 1.67 bits per heavy atom. The second kappa shape index (κ2) is 5.85. The molecule has 0 aliphatic rings. The molecule has 0 amide bonds. The fourth-order valence-electron chi connectivity index (χ4n) is 2.53. The van der Waals surface area contributed by atoms with Crippen molar-refractivity contribution in [2.75, 3.05) is 18.6 Å². The number of hydrogen-bond donors (Lipinski definition) is 1. The second-order valence-electron chi connectivity index (χ2n) is 5.02. The Morgan fingerprint density at radius 1 is 1.17 bits per heavy atom. The molecule has 0 spiro atoms. The molecule has 0 bridgehead atoms. The highest BCUT2D eigenvalue weighted by molar-refractivity contribution is 7.90. The molecule has 1 N–H and O–H groups in total. The Bertz CT molecular complexity index is 498. The Hall–Kier alpha value is -0.870. The first-order valence-electron chi connectivity index (χ1n) is 6.23. The van der Waals surface area contributed by atoms with Gasteiger partial charge in [0.15, 0.2) is 0 Å². The molecule has 1 aromatic rings. The number of nitrogens with one attached hydrogen (secondary N) is 1. The molecule has 1 aromatic carbocycles. The summed E-state index contributed by atoms with van der Waals surface area (Å²) in [7, 11) is -3.00. The number of hydrogen-bond acceptors (Lipinski definition) is 3. The molecule has 4 heteroatoms. The van der Waals surface area contributed by atoms with E-state index in [1.807, 2.05) is 20.8 Å². The Labute approximate surface area is 111 Å². The summed E-state index contributed by atoms with van der Waals surface area (Å²) in [4.78, 5) is 0. The van der Waals surface area contributed by atoms with Gasteiger partial charge in [-0.3, -0.25) is 0 Å². The predicted octanol–water partition coefficient (Wildman–Crippen LogP) is 2.31. The molecular weight excluding hydrogens is 246 g/mol. The first-order chi connectivity index (χ1) is 8.24. The van der Waals surface area contributed by atoms with Gasteiger partial charge in [-0.05, 0) is 44.0 Å². The van der Waals surface area contributed by atoms with Crippen LogP contribution in [0.5, 0.6) is 0 Å². The van der Waals surface area contributed by atoms with Crippen LogP contribution in [0.15, 0.2) is 12.1 Å². The molecule has 0 radical (unpaired) electrons. The number of sulfone groups is 1. The van der Waals surface area contributed by atoms with Gasteiger partial charge in [0.25, 0.3) is 0 Å². The van der Waals surface area contributed by atoms with Crippen LogP contribution in [-0.2, 0) is 9.84 Å². The van der Waals surface area contributed by atoms with Crippen LogP contribution in [0.25, 0.3) is 0 Å². The van der Waals surface area contributed by atoms with Crippen molar-refractivity contribution in [1.29, 1.82) is 0 Å². The Balaban J connectivity index is 3.21. The highest BCUT2D eigenvalue weighted by Crippen LogP contribution is 2.24. The number of rotatable bonds is 5. The summed E-state index contributed by atoms with van der Waals surface area (Å²) in [6, 6.07) is 4.09. The van der Waals surface area contributed by atoms with E-state index in [0.717, 1.165) is 23.2 Å². The van der Waals surface area contributed by atoms with E-state index in [1.54, 1.807) is 0 Å². The van der Waals surface area contributed by atoms with Crippen molar-refractivity contribution in [3.8, 4) is 0 Å². The van der Waals surface area contributed by atoms with Crippen LogP contribution in [0, 0.1) is 20.8 Å². The van der Waals surface area contributed by atoms with Crippen LogP contribution in [0.2, 0.25) is 0 Å². The molecule has 1 rings (SSSR count). The topological polar surface area (TPSA) is 46.2 Å². The standard InChI is InChI=1S/C14H23NO2S/c1-6-15-13(9-18(5,16)17)14-11(3)7-10(2)8-12(14)4/h7-8,13,15H,6,9H2,1-5H3. The fourth-order valence-corrected chi connectivity index (χ4v) is 3.42. The number of aryl methyl sites for hydroxylation is 3. The quantitative estimate of drug-likeness (QED) is 0.892. The molecule has 3 nitrogen and oxygen atoms in total. The van der Waals surface area contributed by atoms with Crippen molar-refractivity contribution < 1.29 is 8.42 Å². The largest absolute Gasteiger partial charge is 0.309 e. The highest BCUT2D eigenvalue weighted by atomic mass is 32.2. The van der Waals surface area contributed by atoms with Crippen LogP contribution in [0.1, 0.15) is 35.2 Å². The van der Waals surface area contributed by atoms with E-state index < -0.39 is 9.84 Å². The molecule has 18 heavy (non-hydrogen) atoms. The first kappa shape index (κ1) is 15.2. The van der Waals surface area contributed by atoms with Gasteiger partial charge in [-0.1, -0.05) is 24.6 Å². The first-order valence-corrected chi connectivity index (χ1v) is 8.29. The molecule has 0 heterocycles. The van der Waals surface area contributed by atoms with Gasteiger partial charge in [0, 0.05) is 12.3 Å². The third kappa shape index (κ3) is 4.10. The minimum atomic E-state index is -3.00. The van der Waals surface area contributed by atoms with Crippen molar-refractivity contribution in [2.45, 2.75) is 33.7 Å². The molecule has 0 aromatic heterocycles. The van der Waals surface area contributed by atoms with Gasteiger partial charge in [0.05, 0.1) is 5.75 Å². The normalized spacial score (nSPS) is 13.6. The zero-order chi connectivity index (χ0) is 13.9. The minimum Gasteiger partial charge on any atom is -0.309 e. The van der Waals surface area contributed by atoms with Gasteiger partial charge in [0.1, 0.15) is 9.84 Å². The van der Waals surface area contributed by atoms with Gasteiger partial charge in [0.2, 0.25) is 0 Å². The molecular formula is C14H23NO2S. The molecule has 1 atom stereocenters. The monoisotopic (exact) mass is 269 g/mol. The van der Waals surface area contributed by atoms with Crippen LogP contribution in [-0.4, -0.2) is 27.0 Å². The van der Waals surface area contributed by atoms with E-state index in [-0.39, 0.29) is 11.8 Å². The predicted molar refractivity (Wildman–Crippen MR) is 76.8 cm³/mol. The third-order valence-electron chi connectivity index (χ3n) is 3.01. The van der Waals surface area contributed by atoms with E-state index in [2.05, 4.69) is 24.4 Å². The van der Waals surface area contributed by atoms with Crippen molar-refractivity contribution in [2.24, 2.45) is 0 Å². The lowest BCUT2D eigenvalue weighted by Gasteiger charge is -2.22. The maximum atomic E-state index is 11.5. The van der Waals surface area contributed by atoms with Crippen LogP contribution in [0.4, 0.5) is 0 Å². The van der Waals surface area contributed by atoms with Crippen molar-refractivity contribution >= 4 is 9.84 Å². The summed E-state index contributed by atoms with van der Waals surface area (Å²) < 4.78 is 23.1. The zero-order valence-corrected chi connectivity index (χ0v) is 12.7. The van der Waals surface area contributed by atoms with Gasteiger partial charge < -0.3 is 5.32 Å². The summed E-state index contributed by atoms with van der Waals surface area (Å²) in [6.45, 7) is 8.90. The van der Waals surface area contributed by atoms with Crippen LogP contribution < -0.4 is 5.32 Å². The maximum Gasteiger partial charge on any atom is 0.149 e. The van der Waals surface area contributed by atoms with Crippen LogP contribution >= 0.6 is 0 Å². The summed E-state index contributed by atoms with van der Waals surface area (Å²) >= 11 is 0. The second-order valence-corrected chi connectivity index (χ2v) is 7.20. The summed E-state index contributed by atoms with van der Waals surface area (Å²) in [5, 5.41) is 3.28. The Morgan fingerprint density at radius 3 is 2.06 bits per heavy atom. The molecule has 0 aliphatic heterocycles. The molecule has 0 saturated carbocycles. The fraction of sp³-hybridized carbons (Fsp3) is 0.571. The molecule has 0 saturated heterocycles. The lowest BCUT2D eigenvalue weighted by Crippen LogP contribution is -2.29. The van der Waals surface area contributed by atoms with Gasteiger partial charge in [-0.25, -0.2) is 8.42 Å². The molecule has 0 fully saturated rings. The van der Waals surface area contributed by atoms with Crippen LogP contribution in [0.3, 0.4) is 0 Å². The molecule has 1 unspecified atom stereocenters. The molecule has 102 valence electrons. The maximum absolute atomic E-state index is 11.5. The van der Waals surface area contributed by atoms with E-state index in [1.165, 1.54) is 11.8 Å². The SMILES string of the molecule is CCNC(CS(C)(=O)=O)c1c(C)cc(C)cc1C. The van der Waals surface area contributed by atoms with Crippen molar-refractivity contribution in [3.63, 3.8) is 0 Å². The summed E-state index contributed by atoms with van der Waals surface area (Å²) in [5.41, 5.74) is 4.64. The Kier molecular flexibility index (Phi) is 4.93. The van der Waals surface area contributed by atoms with E-state index in [4.69, 9.17) is 0 Å². The summed E-state index contributed by atoms with van der Waals surface area (Å²) in [5.74, 6) is 0.144. The average Bonchev–Trinajstić information content (AvgIpc) is 2.13.